The van der Waals surface area contributed by atoms with Crippen molar-refractivity contribution in [3.8, 4) is 11.5 Å². The molecule has 4 heteroatoms. The number of nitrogens with two attached hydrogens (primary N) is 1. The quantitative estimate of drug-likeness (QED) is 0.746. The van der Waals surface area contributed by atoms with Gasteiger partial charge in [-0.15, -0.1) is 0 Å². The van der Waals surface area contributed by atoms with E-state index in [-0.39, 0.29) is 11.2 Å². The number of hydrogen-bond donors (Lipinski definition) is 2. The van der Waals surface area contributed by atoms with Gasteiger partial charge in [0.25, 0.3) is 0 Å². The van der Waals surface area contributed by atoms with Gasteiger partial charge in [-0.2, -0.15) is 0 Å². The van der Waals surface area contributed by atoms with Gasteiger partial charge in [-0.3, -0.25) is 0 Å². The van der Waals surface area contributed by atoms with E-state index in [1.165, 1.54) is 0 Å². The number of rotatable bonds is 5. The zero-order valence-electron chi connectivity index (χ0n) is 9.40. The Balaban J connectivity index is 2.25. The van der Waals surface area contributed by atoms with E-state index in [1.807, 2.05) is 19.1 Å². The lowest BCUT2D eigenvalue weighted by Gasteiger charge is -2.15. The first-order valence-electron chi connectivity index (χ1n) is 5.50. The van der Waals surface area contributed by atoms with E-state index >= 15 is 0 Å². The van der Waals surface area contributed by atoms with E-state index in [9.17, 15) is 5.11 Å². The maximum Gasteiger partial charge on any atom is 0.161 e. The average Bonchev–Trinajstić information content (AvgIpc) is 3.03. The molecule has 2 rings (SSSR count). The molecule has 88 valence electrons. The van der Waals surface area contributed by atoms with Crippen LogP contribution in [0.4, 0.5) is 0 Å². The standard InChI is InChI=1S/C12H17NO3/c1-2-15-11-7-9(3-4-10(11)14)12(5-6-12)8-16-13/h3-4,7,14H,2,5-6,8,13H2,1H3. The fraction of sp³-hybridized carbons (Fsp3) is 0.500. The highest BCUT2D eigenvalue weighted by Crippen LogP contribution is 2.49. The van der Waals surface area contributed by atoms with E-state index in [4.69, 9.17) is 15.5 Å². The lowest BCUT2D eigenvalue weighted by atomic mass is 9.96. The predicted octanol–water partition coefficient (Wildman–Crippen LogP) is 1.71. The van der Waals surface area contributed by atoms with Crippen LogP contribution in [0.2, 0.25) is 0 Å². The van der Waals surface area contributed by atoms with E-state index in [0.717, 1.165) is 18.4 Å². The Morgan fingerprint density at radius 2 is 2.19 bits per heavy atom. The maximum absolute atomic E-state index is 9.60. The molecule has 0 aromatic heterocycles. The largest absolute Gasteiger partial charge is 0.504 e. The molecule has 1 aliphatic carbocycles. The second-order valence-electron chi connectivity index (χ2n) is 4.21. The average molecular weight is 223 g/mol. The summed E-state index contributed by atoms with van der Waals surface area (Å²) in [6.45, 7) is 2.95. The molecule has 0 spiro atoms. The van der Waals surface area contributed by atoms with Crippen molar-refractivity contribution < 1.29 is 14.7 Å². The third-order valence-corrected chi connectivity index (χ3v) is 3.09. The smallest absolute Gasteiger partial charge is 0.161 e. The van der Waals surface area contributed by atoms with Crippen LogP contribution in [0.3, 0.4) is 0 Å². The summed E-state index contributed by atoms with van der Waals surface area (Å²) in [5.41, 5.74) is 1.16. The number of ether oxygens (including phenoxy) is 1. The fourth-order valence-electron chi connectivity index (χ4n) is 1.94. The molecule has 0 radical (unpaired) electrons. The van der Waals surface area contributed by atoms with Crippen LogP contribution in [0.15, 0.2) is 18.2 Å². The van der Waals surface area contributed by atoms with Crippen molar-refractivity contribution >= 4 is 0 Å². The number of benzene rings is 1. The minimum atomic E-state index is 0.0360. The molecular weight excluding hydrogens is 206 g/mol. The molecule has 0 unspecified atom stereocenters. The summed E-state index contributed by atoms with van der Waals surface area (Å²) in [7, 11) is 0. The second kappa shape index (κ2) is 4.31. The number of phenolic OH excluding ortho intramolecular Hbond substituents is 1. The summed E-state index contributed by atoms with van der Waals surface area (Å²) >= 11 is 0. The van der Waals surface area contributed by atoms with Crippen LogP contribution in [0.5, 0.6) is 11.5 Å². The summed E-state index contributed by atoms with van der Waals surface area (Å²) in [5, 5.41) is 9.60. The van der Waals surface area contributed by atoms with E-state index in [0.29, 0.717) is 19.0 Å². The summed E-state index contributed by atoms with van der Waals surface area (Å²) in [4.78, 5) is 4.75. The molecule has 3 N–H and O–H groups in total. The first kappa shape index (κ1) is 11.2. The van der Waals surface area contributed by atoms with Gasteiger partial charge in [0, 0.05) is 5.41 Å². The molecule has 16 heavy (non-hydrogen) atoms. The SMILES string of the molecule is CCOc1cc(C2(CON)CC2)ccc1O. The Hall–Kier alpha value is -1.26. The Morgan fingerprint density at radius 3 is 2.75 bits per heavy atom. The van der Waals surface area contributed by atoms with Crippen molar-refractivity contribution in [2.24, 2.45) is 5.90 Å². The third-order valence-electron chi connectivity index (χ3n) is 3.09. The highest BCUT2D eigenvalue weighted by molar-refractivity contribution is 5.46. The van der Waals surface area contributed by atoms with Crippen molar-refractivity contribution in [2.75, 3.05) is 13.2 Å². The van der Waals surface area contributed by atoms with E-state index in [2.05, 4.69) is 0 Å². The highest BCUT2D eigenvalue weighted by atomic mass is 16.6. The van der Waals surface area contributed by atoms with Crippen molar-refractivity contribution in [1.29, 1.82) is 0 Å². The third kappa shape index (κ3) is 1.99. The predicted molar refractivity (Wildman–Crippen MR) is 60.3 cm³/mol. The maximum atomic E-state index is 9.60. The molecule has 0 saturated heterocycles. The lowest BCUT2D eigenvalue weighted by Crippen LogP contribution is -2.18. The van der Waals surface area contributed by atoms with Gasteiger partial charge in [0.2, 0.25) is 0 Å². The van der Waals surface area contributed by atoms with Crippen molar-refractivity contribution in [1.82, 2.24) is 0 Å². The topological polar surface area (TPSA) is 64.7 Å². The molecule has 0 aliphatic heterocycles. The minimum absolute atomic E-state index is 0.0360. The van der Waals surface area contributed by atoms with Gasteiger partial charge in [-0.1, -0.05) is 6.07 Å². The van der Waals surface area contributed by atoms with Gasteiger partial charge < -0.3 is 14.7 Å². The van der Waals surface area contributed by atoms with Gasteiger partial charge in [-0.05, 0) is 37.5 Å². The van der Waals surface area contributed by atoms with E-state index < -0.39 is 0 Å². The lowest BCUT2D eigenvalue weighted by molar-refractivity contribution is 0.116. The molecule has 1 saturated carbocycles. The molecule has 0 heterocycles. The van der Waals surface area contributed by atoms with Gasteiger partial charge in [-0.25, -0.2) is 5.90 Å². The van der Waals surface area contributed by atoms with Crippen LogP contribution in [0.25, 0.3) is 0 Å². The normalized spacial score (nSPS) is 17.1. The zero-order valence-corrected chi connectivity index (χ0v) is 9.40. The Kier molecular flexibility index (Phi) is 3.03. The number of aromatic hydroxyl groups is 1. The van der Waals surface area contributed by atoms with Crippen LogP contribution in [0.1, 0.15) is 25.3 Å². The number of phenols is 1. The molecule has 1 aromatic carbocycles. The molecule has 0 bridgehead atoms. The molecule has 0 amide bonds. The molecule has 0 atom stereocenters. The minimum Gasteiger partial charge on any atom is -0.504 e. The highest BCUT2D eigenvalue weighted by Gasteiger charge is 2.44. The van der Waals surface area contributed by atoms with Crippen LogP contribution in [-0.2, 0) is 10.3 Å². The van der Waals surface area contributed by atoms with Crippen LogP contribution in [0, 0.1) is 0 Å². The van der Waals surface area contributed by atoms with Crippen LogP contribution < -0.4 is 10.6 Å². The fourth-order valence-corrected chi connectivity index (χ4v) is 1.94. The van der Waals surface area contributed by atoms with Crippen molar-refractivity contribution in [3.63, 3.8) is 0 Å². The van der Waals surface area contributed by atoms with Gasteiger partial charge in [0.05, 0.1) is 13.2 Å². The van der Waals surface area contributed by atoms with Crippen LogP contribution >= 0.6 is 0 Å². The van der Waals surface area contributed by atoms with Gasteiger partial charge in [0.15, 0.2) is 11.5 Å². The molecule has 1 aromatic rings. The van der Waals surface area contributed by atoms with Crippen molar-refractivity contribution in [3.05, 3.63) is 23.8 Å². The summed E-state index contributed by atoms with van der Waals surface area (Å²) < 4.78 is 5.36. The molecular formula is C12H17NO3. The summed E-state index contributed by atoms with van der Waals surface area (Å²) in [6.07, 6.45) is 2.14. The summed E-state index contributed by atoms with van der Waals surface area (Å²) in [5.74, 6) is 5.84. The monoisotopic (exact) mass is 223 g/mol. The zero-order chi connectivity index (χ0) is 11.6. The second-order valence-corrected chi connectivity index (χ2v) is 4.21. The molecule has 4 nitrogen and oxygen atoms in total. The Labute approximate surface area is 94.9 Å². The number of hydrogen-bond acceptors (Lipinski definition) is 4. The summed E-state index contributed by atoms with van der Waals surface area (Å²) in [6, 6.07) is 5.45. The first-order valence-corrected chi connectivity index (χ1v) is 5.50. The van der Waals surface area contributed by atoms with Crippen molar-refractivity contribution in [2.45, 2.75) is 25.2 Å². The van der Waals surface area contributed by atoms with E-state index in [1.54, 1.807) is 6.07 Å². The Bertz CT molecular complexity index is 375. The van der Waals surface area contributed by atoms with Gasteiger partial charge >= 0.3 is 0 Å². The molecule has 1 fully saturated rings. The first-order chi connectivity index (χ1) is 7.72. The van der Waals surface area contributed by atoms with Gasteiger partial charge in [0.1, 0.15) is 0 Å². The van der Waals surface area contributed by atoms with Crippen LogP contribution in [-0.4, -0.2) is 18.3 Å². The molecule has 1 aliphatic rings. The Morgan fingerprint density at radius 1 is 1.44 bits per heavy atom.